The molecule has 0 amide bonds. The number of aromatic nitrogens is 1. The number of nitrogens with zero attached hydrogens (tertiary/aromatic N) is 1. The van der Waals surface area contributed by atoms with Crippen LogP contribution >= 0.6 is 0 Å². The molecule has 5 nitrogen and oxygen atoms in total. The molecule has 0 aliphatic carbocycles. The lowest BCUT2D eigenvalue weighted by Gasteiger charge is -2.15. The first-order valence-corrected chi connectivity index (χ1v) is 6.67. The minimum absolute atomic E-state index is 0.630. The number of hydrogen-bond acceptors (Lipinski definition) is 5. The summed E-state index contributed by atoms with van der Waals surface area (Å²) in [5.74, 6) is 2.19. The third-order valence-corrected chi connectivity index (χ3v) is 3.17. The zero-order valence-electron chi connectivity index (χ0n) is 12.6. The van der Waals surface area contributed by atoms with Crippen LogP contribution in [0.4, 0.5) is 0 Å². The maximum Gasteiger partial charge on any atom is 0.130 e. The van der Waals surface area contributed by atoms with E-state index in [4.69, 9.17) is 14.2 Å². The summed E-state index contributed by atoms with van der Waals surface area (Å²) >= 11 is 0. The Balaban J connectivity index is 2.11. The van der Waals surface area contributed by atoms with Gasteiger partial charge < -0.3 is 19.5 Å². The standard InChI is InChI=1S/C16H20N2O3/c1-19-13-7-15(20-2)14(16(8-13)21-3)11-18-10-12-5-4-6-17-9-12/h4-9,18H,10-11H2,1-3H3. The van der Waals surface area contributed by atoms with Crippen LogP contribution < -0.4 is 19.5 Å². The maximum atomic E-state index is 5.42. The molecule has 1 N–H and O–H groups in total. The monoisotopic (exact) mass is 288 g/mol. The molecule has 0 bridgehead atoms. The van der Waals surface area contributed by atoms with Gasteiger partial charge in [-0.25, -0.2) is 0 Å². The van der Waals surface area contributed by atoms with Crippen molar-refractivity contribution in [3.63, 3.8) is 0 Å². The minimum atomic E-state index is 0.630. The van der Waals surface area contributed by atoms with Crippen molar-refractivity contribution in [2.45, 2.75) is 13.1 Å². The summed E-state index contributed by atoms with van der Waals surface area (Å²) in [6, 6.07) is 7.65. The second kappa shape index (κ2) is 7.50. The molecule has 21 heavy (non-hydrogen) atoms. The summed E-state index contributed by atoms with van der Waals surface area (Å²) in [5, 5.41) is 3.36. The Morgan fingerprint density at radius 1 is 1.00 bits per heavy atom. The molecular formula is C16H20N2O3. The van der Waals surface area contributed by atoms with Crippen molar-refractivity contribution in [3.05, 3.63) is 47.8 Å². The number of nitrogens with one attached hydrogen (secondary N) is 1. The van der Waals surface area contributed by atoms with Crippen LogP contribution in [0.2, 0.25) is 0 Å². The van der Waals surface area contributed by atoms with Gasteiger partial charge in [0, 0.05) is 37.6 Å². The molecule has 1 aromatic heterocycles. The SMILES string of the molecule is COc1cc(OC)c(CNCc2cccnc2)c(OC)c1. The van der Waals surface area contributed by atoms with Crippen LogP contribution in [-0.2, 0) is 13.1 Å². The molecule has 2 rings (SSSR count). The molecule has 1 heterocycles. The number of benzene rings is 1. The summed E-state index contributed by atoms with van der Waals surface area (Å²) in [7, 11) is 4.90. The van der Waals surface area contributed by atoms with Crippen molar-refractivity contribution >= 4 is 0 Å². The van der Waals surface area contributed by atoms with Crippen LogP contribution in [0.5, 0.6) is 17.2 Å². The van der Waals surface area contributed by atoms with E-state index < -0.39 is 0 Å². The number of rotatable bonds is 7. The highest BCUT2D eigenvalue weighted by molar-refractivity contribution is 5.50. The molecule has 0 aliphatic heterocycles. The first-order chi connectivity index (χ1) is 10.3. The third-order valence-electron chi connectivity index (χ3n) is 3.17. The Hall–Kier alpha value is -2.27. The van der Waals surface area contributed by atoms with Gasteiger partial charge in [0.15, 0.2) is 0 Å². The van der Waals surface area contributed by atoms with Crippen molar-refractivity contribution in [2.24, 2.45) is 0 Å². The minimum Gasteiger partial charge on any atom is -0.496 e. The lowest BCUT2D eigenvalue weighted by Crippen LogP contribution is -2.14. The van der Waals surface area contributed by atoms with Gasteiger partial charge in [0.25, 0.3) is 0 Å². The zero-order chi connectivity index (χ0) is 15.1. The fourth-order valence-corrected chi connectivity index (χ4v) is 2.09. The first kappa shape index (κ1) is 15.1. The Morgan fingerprint density at radius 3 is 2.24 bits per heavy atom. The third kappa shape index (κ3) is 3.86. The van der Waals surface area contributed by atoms with Gasteiger partial charge in [-0.05, 0) is 11.6 Å². The molecule has 1 aromatic carbocycles. The van der Waals surface area contributed by atoms with Crippen LogP contribution in [-0.4, -0.2) is 26.3 Å². The second-order valence-corrected chi connectivity index (χ2v) is 4.48. The van der Waals surface area contributed by atoms with Crippen LogP contribution in [0, 0.1) is 0 Å². The first-order valence-electron chi connectivity index (χ1n) is 6.67. The van der Waals surface area contributed by atoms with Crippen molar-refractivity contribution in [1.29, 1.82) is 0 Å². The summed E-state index contributed by atoms with van der Waals surface area (Å²) in [6.45, 7) is 1.36. The molecule has 0 aliphatic rings. The van der Waals surface area contributed by atoms with Crippen molar-refractivity contribution in [3.8, 4) is 17.2 Å². The van der Waals surface area contributed by atoms with E-state index in [1.54, 1.807) is 27.5 Å². The molecule has 0 saturated carbocycles. The summed E-state index contributed by atoms with van der Waals surface area (Å²) < 4.78 is 16.1. The van der Waals surface area contributed by atoms with Gasteiger partial charge in [-0.1, -0.05) is 6.07 Å². The smallest absolute Gasteiger partial charge is 0.130 e. The van der Waals surface area contributed by atoms with Gasteiger partial charge in [0.2, 0.25) is 0 Å². The van der Waals surface area contributed by atoms with Gasteiger partial charge in [-0.2, -0.15) is 0 Å². The largest absolute Gasteiger partial charge is 0.496 e. The van der Waals surface area contributed by atoms with Crippen LogP contribution in [0.15, 0.2) is 36.7 Å². The van der Waals surface area contributed by atoms with Gasteiger partial charge in [-0.3, -0.25) is 4.98 Å². The molecule has 0 spiro atoms. The fraction of sp³-hybridized carbons (Fsp3) is 0.312. The summed E-state index contributed by atoms with van der Waals surface area (Å²) in [6.07, 6.45) is 3.61. The van der Waals surface area contributed by atoms with Gasteiger partial charge >= 0.3 is 0 Å². The van der Waals surface area contributed by atoms with E-state index in [-0.39, 0.29) is 0 Å². The Labute approximate surface area is 124 Å². The Kier molecular flexibility index (Phi) is 5.40. The predicted molar refractivity (Wildman–Crippen MR) is 80.9 cm³/mol. The predicted octanol–water partition coefficient (Wildman–Crippen LogP) is 2.40. The zero-order valence-corrected chi connectivity index (χ0v) is 12.6. The summed E-state index contributed by atoms with van der Waals surface area (Å²) in [4.78, 5) is 4.09. The average Bonchev–Trinajstić information content (AvgIpc) is 2.55. The van der Waals surface area contributed by atoms with Crippen molar-refractivity contribution < 1.29 is 14.2 Å². The molecule has 2 aromatic rings. The van der Waals surface area contributed by atoms with Crippen LogP contribution in [0.1, 0.15) is 11.1 Å². The average molecular weight is 288 g/mol. The van der Waals surface area contributed by atoms with E-state index in [0.717, 1.165) is 29.2 Å². The maximum absolute atomic E-state index is 5.42. The quantitative estimate of drug-likeness (QED) is 0.848. The lowest BCUT2D eigenvalue weighted by atomic mass is 10.1. The van der Waals surface area contributed by atoms with E-state index in [1.807, 2.05) is 30.5 Å². The van der Waals surface area contributed by atoms with Crippen molar-refractivity contribution in [1.82, 2.24) is 10.3 Å². The number of methoxy groups -OCH3 is 3. The van der Waals surface area contributed by atoms with Gasteiger partial charge in [-0.15, -0.1) is 0 Å². The van der Waals surface area contributed by atoms with E-state index >= 15 is 0 Å². The van der Waals surface area contributed by atoms with Crippen LogP contribution in [0.25, 0.3) is 0 Å². The molecule has 0 saturated heterocycles. The summed E-state index contributed by atoms with van der Waals surface area (Å²) in [5.41, 5.74) is 2.09. The highest BCUT2D eigenvalue weighted by atomic mass is 16.5. The molecule has 0 atom stereocenters. The normalized spacial score (nSPS) is 10.2. The van der Waals surface area contributed by atoms with E-state index in [1.165, 1.54) is 0 Å². The van der Waals surface area contributed by atoms with Gasteiger partial charge in [0.05, 0.1) is 26.9 Å². The number of pyridine rings is 1. The van der Waals surface area contributed by atoms with E-state index in [9.17, 15) is 0 Å². The highest BCUT2D eigenvalue weighted by Crippen LogP contribution is 2.33. The number of ether oxygens (including phenoxy) is 3. The molecular weight excluding hydrogens is 268 g/mol. The fourth-order valence-electron chi connectivity index (χ4n) is 2.09. The topological polar surface area (TPSA) is 52.6 Å². The Bertz CT molecular complexity index is 548. The Morgan fingerprint density at radius 2 is 1.71 bits per heavy atom. The molecule has 0 radical (unpaired) electrons. The van der Waals surface area contributed by atoms with E-state index in [0.29, 0.717) is 12.3 Å². The number of hydrogen-bond donors (Lipinski definition) is 1. The second-order valence-electron chi connectivity index (χ2n) is 4.48. The molecule has 112 valence electrons. The van der Waals surface area contributed by atoms with Crippen molar-refractivity contribution in [2.75, 3.05) is 21.3 Å². The van der Waals surface area contributed by atoms with Crippen LogP contribution in [0.3, 0.4) is 0 Å². The lowest BCUT2D eigenvalue weighted by molar-refractivity contribution is 0.366. The highest BCUT2D eigenvalue weighted by Gasteiger charge is 2.12. The van der Waals surface area contributed by atoms with Gasteiger partial charge in [0.1, 0.15) is 17.2 Å². The molecule has 5 heteroatoms. The van der Waals surface area contributed by atoms with E-state index in [2.05, 4.69) is 10.3 Å². The molecule has 0 fully saturated rings. The molecule has 0 unspecified atom stereocenters.